The Morgan fingerprint density at radius 1 is 1.23 bits per heavy atom. The second-order valence-electron chi connectivity index (χ2n) is 5.68. The quantitative estimate of drug-likeness (QED) is 0.659. The van der Waals surface area contributed by atoms with Gasteiger partial charge in [-0.3, -0.25) is 4.79 Å². The van der Waals surface area contributed by atoms with Crippen LogP contribution in [0.2, 0.25) is 0 Å². The van der Waals surface area contributed by atoms with E-state index in [1.807, 2.05) is 11.9 Å². The minimum atomic E-state index is -0.257. The molecule has 140 valence electrons. The number of ether oxygens (including phenoxy) is 2. The van der Waals surface area contributed by atoms with Crippen LogP contribution in [-0.2, 0) is 4.74 Å². The molecule has 26 heavy (non-hydrogen) atoms. The fraction of sp³-hybridized carbons (Fsp3) is 0.368. The first-order valence-corrected chi connectivity index (χ1v) is 8.44. The Labute approximate surface area is 152 Å². The summed E-state index contributed by atoms with van der Waals surface area (Å²) < 4.78 is 24.1. The van der Waals surface area contributed by atoms with E-state index in [-0.39, 0.29) is 17.6 Å². The topological polar surface area (TPSA) is 63.7 Å². The zero-order valence-electron chi connectivity index (χ0n) is 15.1. The average molecular weight is 361 g/mol. The molecule has 0 unspecified atom stereocenters. The number of pyridine rings is 1. The molecule has 0 bridgehead atoms. The molecule has 1 aromatic heterocycles. The SMILES string of the molecule is COCCOc1ncccc1C(=O)NCCCN(C)c1ccccc1F. The van der Waals surface area contributed by atoms with E-state index < -0.39 is 0 Å². The molecule has 6 nitrogen and oxygen atoms in total. The van der Waals surface area contributed by atoms with Crippen LogP contribution in [0.1, 0.15) is 16.8 Å². The van der Waals surface area contributed by atoms with Crippen molar-refractivity contribution in [2.75, 3.05) is 45.4 Å². The van der Waals surface area contributed by atoms with Crippen LogP contribution in [0.3, 0.4) is 0 Å². The van der Waals surface area contributed by atoms with Crippen LogP contribution < -0.4 is 15.0 Å². The third-order valence-corrected chi connectivity index (χ3v) is 3.76. The highest BCUT2D eigenvalue weighted by Crippen LogP contribution is 2.17. The van der Waals surface area contributed by atoms with E-state index in [1.54, 1.807) is 43.6 Å². The van der Waals surface area contributed by atoms with Gasteiger partial charge in [0, 0.05) is 33.4 Å². The zero-order valence-corrected chi connectivity index (χ0v) is 15.1. The van der Waals surface area contributed by atoms with Crippen LogP contribution in [-0.4, -0.2) is 51.4 Å². The van der Waals surface area contributed by atoms with Crippen LogP contribution in [0.15, 0.2) is 42.6 Å². The number of nitrogens with zero attached hydrogens (tertiary/aromatic N) is 2. The summed E-state index contributed by atoms with van der Waals surface area (Å²) in [4.78, 5) is 18.2. The largest absolute Gasteiger partial charge is 0.475 e. The summed E-state index contributed by atoms with van der Waals surface area (Å²) in [5, 5.41) is 2.84. The van der Waals surface area contributed by atoms with Crippen LogP contribution in [0.4, 0.5) is 10.1 Å². The zero-order chi connectivity index (χ0) is 18.8. The average Bonchev–Trinajstić information content (AvgIpc) is 2.66. The van der Waals surface area contributed by atoms with Gasteiger partial charge in [-0.1, -0.05) is 12.1 Å². The lowest BCUT2D eigenvalue weighted by molar-refractivity contribution is 0.0944. The molecule has 0 aliphatic heterocycles. The molecule has 1 heterocycles. The summed E-state index contributed by atoms with van der Waals surface area (Å²) >= 11 is 0. The Hall–Kier alpha value is -2.67. The number of rotatable bonds is 10. The van der Waals surface area contributed by atoms with Crippen molar-refractivity contribution in [1.29, 1.82) is 0 Å². The molecule has 0 saturated carbocycles. The molecular weight excluding hydrogens is 337 g/mol. The maximum atomic E-state index is 13.7. The second kappa shape index (κ2) is 10.4. The number of nitrogens with one attached hydrogen (secondary N) is 1. The van der Waals surface area contributed by atoms with E-state index in [2.05, 4.69) is 10.3 Å². The molecular formula is C19H24FN3O3. The van der Waals surface area contributed by atoms with Gasteiger partial charge in [0.15, 0.2) is 0 Å². The van der Waals surface area contributed by atoms with E-state index in [9.17, 15) is 9.18 Å². The smallest absolute Gasteiger partial charge is 0.256 e. The Kier molecular flexibility index (Phi) is 7.82. The maximum absolute atomic E-state index is 13.7. The van der Waals surface area contributed by atoms with E-state index in [0.717, 1.165) is 0 Å². The van der Waals surface area contributed by atoms with Crippen LogP contribution in [0, 0.1) is 5.82 Å². The maximum Gasteiger partial charge on any atom is 0.256 e. The number of hydrogen-bond donors (Lipinski definition) is 1. The first-order valence-electron chi connectivity index (χ1n) is 8.44. The molecule has 0 atom stereocenters. The first kappa shape index (κ1) is 19.7. The lowest BCUT2D eigenvalue weighted by Gasteiger charge is -2.19. The minimum absolute atomic E-state index is 0.251. The fourth-order valence-electron chi connectivity index (χ4n) is 2.40. The van der Waals surface area contributed by atoms with Gasteiger partial charge >= 0.3 is 0 Å². The van der Waals surface area contributed by atoms with Gasteiger partial charge in [-0.05, 0) is 30.7 Å². The summed E-state index contributed by atoms with van der Waals surface area (Å²) in [6.45, 7) is 1.82. The molecule has 1 aromatic carbocycles. The fourth-order valence-corrected chi connectivity index (χ4v) is 2.40. The number of benzene rings is 1. The molecule has 1 N–H and O–H groups in total. The third-order valence-electron chi connectivity index (χ3n) is 3.76. The number of methoxy groups -OCH3 is 1. The summed E-state index contributed by atoms with van der Waals surface area (Å²) in [5.41, 5.74) is 0.922. The van der Waals surface area contributed by atoms with Gasteiger partial charge in [0.05, 0.1) is 12.3 Å². The number of carbonyl (C=O) groups excluding carboxylic acids is 1. The Morgan fingerprint density at radius 3 is 2.81 bits per heavy atom. The van der Waals surface area contributed by atoms with Gasteiger partial charge in [-0.2, -0.15) is 0 Å². The van der Waals surface area contributed by atoms with Crippen LogP contribution in [0.5, 0.6) is 5.88 Å². The van der Waals surface area contributed by atoms with Crippen molar-refractivity contribution in [2.24, 2.45) is 0 Å². The normalized spacial score (nSPS) is 10.4. The molecule has 0 spiro atoms. The monoisotopic (exact) mass is 361 g/mol. The number of para-hydroxylation sites is 1. The molecule has 0 radical (unpaired) electrons. The van der Waals surface area contributed by atoms with Gasteiger partial charge in [-0.15, -0.1) is 0 Å². The van der Waals surface area contributed by atoms with E-state index >= 15 is 0 Å². The Balaban J connectivity index is 1.81. The van der Waals surface area contributed by atoms with Crippen molar-refractivity contribution < 1.29 is 18.7 Å². The van der Waals surface area contributed by atoms with E-state index in [0.29, 0.717) is 44.0 Å². The standard InChI is InChI=1S/C19H24FN3O3/c1-23(17-9-4-3-8-16(17)20)12-6-11-21-18(24)15-7-5-10-22-19(15)26-14-13-25-2/h3-5,7-10H,6,11-14H2,1-2H3,(H,21,24). The van der Waals surface area contributed by atoms with Crippen molar-refractivity contribution >= 4 is 11.6 Å². The van der Waals surface area contributed by atoms with E-state index in [4.69, 9.17) is 9.47 Å². The summed E-state index contributed by atoms with van der Waals surface area (Å²) in [7, 11) is 3.40. The van der Waals surface area contributed by atoms with Gasteiger partial charge in [0.1, 0.15) is 18.0 Å². The van der Waals surface area contributed by atoms with Crippen molar-refractivity contribution in [3.05, 3.63) is 54.0 Å². The van der Waals surface area contributed by atoms with Crippen molar-refractivity contribution in [3.63, 3.8) is 0 Å². The van der Waals surface area contributed by atoms with Crippen LogP contribution >= 0.6 is 0 Å². The Bertz CT molecular complexity index is 712. The Morgan fingerprint density at radius 2 is 2.04 bits per heavy atom. The summed E-state index contributed by atoms with van der Waals surface area (Å²) in [5.74, 6) is -0.225. The number of aromatic nitrogens is 1. The molecule has 0 aliphatic carbocycles. The molecule has 2 rings (SSSR count). The van der Waals surface area contributed by atoms with Gasteiger partial charge in [0.25, 0.3) is 5.91 Å². The number of halogens is 1. The first-order chi connectivity index (χ1) is 12.6. The van der Waals surface area contributed by atoms with Crippen molar-refractivity contribution in [2.45, 2.75) is 6.42 Å². The highest BCUT2D eigenvalue weighted by molar-refractivity contribution is 5.96. The number of anilines is 1. The lowest BCUT2D eigenvalue weighted by atomic mass is 10.2. The molecule has 7 heteroatoms. The highest BCUT2D eigenvalue weighted by Gasteiger charge is 2.13. The summed E-state index contributed by atoms with van der Waals surface area (Å²) in [6, 6.07) is 9.96. The number of carbonyl (C=O) groups is 1. The number of hydrogen-bond acceptors (Lipinski definition) is 5. The van der Waals surface area contributed by atoms with Crippen molar-refractivity contribution in [3.8, 4) is 5.88 Å². The second-order valence-corrected chi connectivity index (χ2v) is 5.68. The molecule has 2 aromatic rings. The molecule has 0 aliphatic rings. The third kappa shape index (κ3) is 5.70. The van der Waals surface area contributed by atoms with E-state index in [1.165, 1.54) is 6.07 Å². The van der Waals surface area contributed by atoms with Gasteiger partial charge in [-0.25, -0.2) is 9.37 Å². The number of amides is 1. The summed E-state index contributed by atoms with van der Waals surface area (Å²) in [6.07, 6.45) is 2.25. The van der Waals surface area contributed by atoms with Crippen molar-refractivity contribution in [1.82, 2.24) is 10.3 Å². The highest BCUT2D eigenvalue weighted by atomic mass is 19.1. The predicted octanol–water partition coefficient (Wildman–Crippen LogP) is 2.50. The van der Waals surface area contributed by atoms with Gasteiger partial charge < -0.3 is 19.7 Å². The lowest BCUT2D eigenvalue weighted by Crippen LogP contribution is -2.29. The van der Waals surface area contributed by atoms with Gasteiger partial charge in [0.2, 0.25) is 5.88 Å². The molecule has 0 saturated heterocycles. The molecule has 0 fully saturated rings. The molecule has 1 amide bonds. The predicted molar refractivity (Wildman–Crippen MR) is 98.2 cm³/mol. The minimum Gasteiger partial charge on any atom is -0.475 e. The van der Waals surface area contributed by atoms with Crippen LogP contribution in [0.25, 0.3) is 0 Å².